The van der Waals surface area contributed by atoms with Gasteiger partial charge in [0.2, 0.25) is 0 Å². The second kappa shape index (κ2) is 9.74. The van der Waals surface area contributed by atoms with Gasteiger partial charge in [-0.15, -0.1) is 0 Å². The van der Waals surface area contributed by atoms with E-state index >= 15 is 0 Å². The lowest BCUT2D eigenvalue weighted by Gasteiger charge is -2.38. The van der Waals surface area contributed by atoms with E-state index in [0.29, 0.717) is 23.0 Å². The summed E-state index contributed by atoms with van der Waals surface area (Å²) in [6, 6.07) is 15.5. The zero-order chi connectivity index (χ0) is 25.2. The highest BCUT2D eigenvalue weighted by atomic mass is 19.4. The number of nitriles is 1. The average Bonchev–Trinajstić information content (AvgIpc) is 2.81. The fourth-order valence-corrected chi connectivity index (χ4v) is 4.61. The second-order valence-corrected chi connectivity index (χ2v) is 10.0. The van der Waals surface area contributed by atoms with Gasteiger partial charge in [-0.05, 0) is 57.4 Å². The number of anilines is 2. The highest BCUT2D eigenvalue weighted by Crippen LogP contribution is 2.36. The van der Waals surface area contributed by atoms with Crippen molar-refractivity contribution < 1.29 is 13.2 Å². The maximum absolute atomic E-state index is 12.9. The van der Waals surface area contributed by atoms with Crippen LogP contribution >= 0.6 is 0 Å². The van der Waals surface area contributed by atoms with Crippen LogP contribution in [0.2, 0.25) is 0 Å². The molecule has 0 atom stereocenters. The summed E-state index contributed by atoms with van der Waals surface area (Å²) >= 11 is 0. The molecule has 0 saturated carbocycles. The van der Waals surface area contributed by atoms with Crippen molar-refractivity contribution in [2.24, 2.45) is 0 Å². The minimum Gasteiger partial charge on any atom is -0.370 e. The minimum absolute atomic E-state index is 0.0450. The van der Waals surface area contributed by atoms with Gasteiger partial charge in [-0.1, -0.05) is 30.3 Å². The normalized spacial score (nSPS) is 15.3. The van der Waals surface area contributed by atoms with Gasteiger partial charge in [-0.2, -0.15) is 18.4 Å². The quantitative estimate of drug-likeness (QED) is 0.461. The number of aromatic nitrogens is 1. The van der Waals surface area contributed by atoms with Crippen molar-refractivity contribution in [2.75, 3.05) is 23.3 Å². The molecule has 5 nitrogen and oxygen atoms in total. The number of piperidine rings is 1. The van der Waals surface area contributed by atoms with Crippen molar-refractivity contribution in [1.82, 2.24) is 10.3 Å². The third-order valence-electron chi connectivity index (χ3n) is 6.17. The summed E-state index contributed by atoms with van der Waals surface area (Å²) in [4.78, 5) is 6.94. The third-order valence-corrected chi connectivity index (χ3v) is 6.17. The maximum Gasteiger partial charge on any atom is 0.416 e. The van der Waals surface area contributed by atoms with Gasteiger partial charge in [0, 0.05) is 36.6 Å². The van der Waals surface area contributed by atoms with Gasteiger partial charge in [0.1, 0.15) is 17.5 Å². The van der Waals surface area contributed by atoms with Crippen molar-refractivity contribution >= 4 is 22.4 Å². The number of para-hydroxylation sites is 1. The van der Waals surface area contributed by atoms with Gasteiger partial charge in [-0.25, -0.2) is 4.98 Å². The van der Waals surface area contributed by atoms with Crippen LogP contribution in [0, 0.1) is 11.3 Å². The summed E-state index contributed by atoms with van der Waals surface area (Å²) in [5.41, 5.74) is 2.12. The van der Waals surface area contributed by atoms with Crippen LogP contribution in [0.4, 0.5) is 24.7 Å². The third kappa shape index (κ3) is 5.85. The molecule has 1 aliphatic rings. The van der Waals surface area contributed by atoms with E-state index in [1.54, 1.807) is 0 Å². The SMILES string of the molecule is CC(C)(C)NC1CCN(c2c(C#N)c(NCc3ccc(C(F)(F)F)cc3)nc3ccccc23)CC1. The van der Waals surface area contributed by atoms with Gasteiger partial charge >= 0.3 is 6.18 Å². The molecule has 2 aromatic carbocycles. The van der Waals surface area contributed by atoms with Gasteiger partial charge in [0.15, 0.2) is 0 Å². The standard InChI is InChI=1S/C27H30F3N5/c1-26(2,3)34-20-12-14-35(15-13-20)24-21-6-4-5-7-23(21)33-25(22(24)16-31)32-17-18-8-10-19(11-9-18)27(28,29)30/h4-11,20,34H,12-15,17H2,1-3H3,(H,32,33). The van der Waals surface area contributed by atoms with Crippen molar-refractivity contribution in [3.63, 3.8) is 0 Å². The molecular formula is C27H30F3N5. The topological polar surface area (TPSA) is 64.0 Å². The lowest BCUT2D eigenvalue weighted by molar-refractivity contribution is -0.137. The Morgan fingerprint density at radius 1 is 1.03 bits per heavy atom. The summed E-state index contributed by atoms with van der Waals surface area (Å²) in [6.45, 7) is 8.38. The van der Waals surface area contributed by atoms with E-state index in [2.05, 4.69) is 47.4 Å². The Hall–Kier alpha value is -3.31. The Balaban J connectivity index is 1.61. The molecular weight excluding hydrogens is 451 g/mol. The van der Waals surface area contributed by atoms with Crippen LogP contribution in [0.1, 0.15) is 50.3 Å². The number of benzene rings is 2. The predicted molar refractivity (Wildman–Crippen MR) is 133 cm³/mol. The van der Waals surface area contributed by atoms with Crippen LogP contribution in [-0.4, -0.2) is 29.7 Å². The fraction of sp³-hybridized carbons (Fsp3) is 0.407. The Morgan fingerprint density at radius 2 is 1.69 bits per heavy atom. The molecule has 2 N–H and O–H groups in total. The van der Waals surface area contributed by atoms with Gasteiger partial charge in [0.05, 0.1) is 16.8 Å². The van der Waals surface area contributed by atoms with E-state index in [0.717, 1.165) is 54.7 Å². The molecule has 8 heteroatoms. The number of halogens is 3. The van der Waals surface area contributed by atoms with E-state index in [1.165, 1.54) is 12.1 Å². The molecule has 184 valence electrons. The van der Waals surface area contributed by atoms with E-state index < -0.39 is 11.7 Å². The predicted octanol–water partition coefficient (Wildman–Crippen LogP) is 6.09. The van der Waals surface area contributed by atoms with E-state index in [4.69, 9.17) is 0 Å². The average molecular weight is 482 g/mol. The second-order valence-electron chi connectivity index (χ2n) is 10.0. The Labute approximate surface area is 204 Å². The molecule has 3 aromatic rings. The number of rotatable bonds is 5. The molecule has 1 saturated heterocycles. The van der Waals surface area contributed by atoms with Crippen molar-refractivity contribution in [1.29, 1.82) is 5.26 Å². The zero-order valence-corrected chi connectivity index (χ0v) is 20.2. The molecule has 0 amide bonds. The Bertz CT molecular complexity index is 1220. The van der Waals surface area contributed by atoms with Crippen LogP contribution in [0.5, 0.6) is 0 Å². The number of nitrogens with zero attached hydrogens (tertiary/aromatic N) is 3. The summed E-state index contributed by atoms with van der Waals surface area (Å²) in [5, 5.41) is 17.9. The first kappa shape index (κ1) is 24.8. The highest BCUT2D eigenvalue weighted by molar-refractivity contribution is 5.97. The lowest BCUT2D eigenvalue weighted by atomic mass is 9.98. The molecule has 1 aliphatic heterocycles. The van der Waals surface area contributed by atoms with Crippen LogP contribution in [0.25, 0.3) is 10.9 Å². The molecule has 0 bridgehead atoms. The van der Waals surface area contributed by atoms with E-state index in [1.807, 2.05) is 24.3 Å². The number of alkyl halides is 3. The number of hydrogen-bond donors (Lipinski definition) is 2. The highest BCUT2D eigenvalue weighted by Gasteiger charge is 2.30. The summed E-state index contributed by atoms with van der Waals surface area (Å²) in [6.07, 6.45) is -2.44. The zero-order valence-electron chi connectivity index (χ0n) is 20.2. The van der Waals surface area contributed by atoms with Crippen molar-refractivity contribution in [3.05, 3.63) is 65.2 Å². The van der Waals surface area contributed by atoms with E-state index in [-0.39, 0.29) is 12.1 Å². The van der Waals surface area contributed by atoms with Crippen LogP contribution in [0.3, 0.4) is 0 Å². The smallest absolute Gasteiger partial charge is 0.370 e. The fourth-order valence-electron chi connectivity index (χ4n) is 4.61. The first-order valence-electron chi connectivity index (χ1n) is 11.8. The van der Waals surface area contributed by atoms with E-state index in [9.17, 15) is 18.4 Å². The summed E-state index contributed by atoms with van der Waals surface area (Å²) in [7, 11) is 0. The molecule has 2 heterocycles. The number of hydrogen-bond acceptors (Lipinski definition) is 5. The first-order chi connectivity index (χ1) is 16.5. The summed E-state index contributed by atoms with van der Waals surface area (Å²) in [5.74, 6) is 0.441. The lowest BCUT2D eigenvalue weighted by Crippen LogP contribution is -2.49. The molecule has 1 fully saturated rings. The molecule has 1 aromatic heterocycles. The van der Waals surface area contributed by atoms with Gasteiger partial charge in [0.25, 0.3) is 0 Å². The Kier molecular flexibility index (Phi) is 6.91. The molecule has 0 spiro atoms. The molecule has 0 aliphatic carbocycles. The maximum atomic E-state index is 12.9. The van der Waals surface area contributed by atoms with Crippen molar-refractivity contribution in [2.45, 2.75) is 57.9 Å². The van der Waals surface area contributed by atoms with Crippen LogP contribution in [-0.2, 0) is 12.7 Å². The Morgan fingerprint density at radius 3 is 2.29 bits per heavy atom. The number of pyridine rings is 1. The number of nitrogens with one attached hydrogen (secondary N) is 2. The summed E-state index contributed by atoms with van der Waals surface area (Å²) < 4.78 is 38.6. The minimum atomic E-state index is -4.37. The molecule has 0 unspecified atom stereocenters. The monoisotopic (exact) mass is 481 g/mol. The van der Waals surface area contributed by atoms with Crippen LogP contribution < -0.4 is 15.5 Å². The largest absolute Gasteiger partial charge is 0.416 e. The van der Waals surface area contributed by atoms with Crippen molar-refractivity contribution in [3.8, 4) is 6.07 Å². The first-order valence-corrected chi connectivity index (χ1v) is 11.8. The van der Waals surface area contributed by atoms with Gasteiger partial charge in [-0.3, -0.25) is 0 Å². The molecule has 0 radical (unpaired) electrons. The molecule has 4 rings (SSSR count). The van der Waals surface area contributed by atoms with Crippen LogP contribution in [0.15, 0.2) is 48.5 Å². The molecule has 35 heavy (non-hydrogen) atoms. The van der Waals surface area contributed by atoms with Gasteiger partial charge < -0.3 is 15.5 Å². The number of fused-ring (bicyclic) bond motifs is 1.